The van der Waals surface area contributed by atoms with Crippen molar-refractivity contribution in [2.75, 3.05) is 6.61 Å². The lowest BCUT2D eigenvalue weighted by molar-refractivity contribution is 0.177. The van der Waals surface area contributed by atoms with Crippen LogP contribution in [0.2, 0.25) is 0 Å². The average Bonchev–Trinajstić information content (AvgIpc) is 2.16. The molecule has 1 rings (SSSR count). The molecule has 0 aliphatic carbocycles. The molecule has 0 amide bonds. The van der Waals surface area contributed by atoms with Crippen LogP contribution >= 0.6 is 15.9 Å². The molecule has 0 heterocycles. The van der Waals surface area contributed by atoms with Crippen LogP contribution in [0.4, 0.5) is 4.39 Å². The van der Waals surface area contributed by atoms with Crippen LogP contribution in [0.5, 0.6) is 0 Å². The molecule has 1 unspecified atom stereocenters. The summed E-state index contributed by atoms with van der Waals surface area (Å²) in [4.78, 5) is 0. The Balaban J connectivity index is 2.84. The first-order chi connectivity index (χ1) is 7.35. The van der Waals surface area contributed by atoms with E-state index in [0.29, 0.717) is 0 Å². The molecule has 0 spiro atoms. The number of aliphatic hydroxyl groups is 1. The van der Waals surface area contributed by atoms with Crippen LogP contribution < -0.4 is 5.32 Å². The summed E-state index contributed by atoms with van der Waals surface area (Å²) in [5, 5.41) is 12.4. The highest BCUT2D eigenvalue weighted by Crippen LogP contribution is 2.25. The van der Waals surface area contributed by atoms with Gasteiger partial charge >= 0.3 is 0 Å². The summed E-state index contributed by atoms with van der Waals surface area (Å²) in [5.41, 5.74) is 0.621. The molecule has 0 saturated carbocycles. The highest BCUT2D eigenvalue weighted by atomic mass is 79.9. The van der Waals surface area contributed by atoms with Crippen molar-refractivity contribution >= 4 is 15.9 Å². The zero-order valence-electron chi connectivity index (χ0n) is 9.72. The first-order valence-corrected chi connectivity index (χ1v) is 5.98. The van der Waals surface area contributed by atoms with Crippen molar-refractivity contribution in [1.29, 1.82) is 0 Å². The summed E-state index contributed by atoms with van der Waals surface area (Å²) in [6.07, 6.45) is 0. The molecule has 0 saturated heterocycles. The Labute approximate surface area is 104 Å². The van der Waals surface area contributed by atoms with E-state index in [9.17, 15) is 4.39 Å². The third-order valence-corrected chi connectivity index (χ3v) is 3.12. The molecule has 0 aromatic heterocycles. The minimum Gasteiger partial charge on any atom is -0.394 e. The number of nitrogens with one attached hydrogen (secondary N) is 1. The second kappa shape index (κ2) is 5.25. The molecule has 1 aromatic carbocycles. The summed E-state index contributed by atoms with van der Waals surface area (Å²) in [6, 6.07) is 4.66. The van der Waals surface area contributed by atoms with Gasteiger partial charge in [0.15, 0.2) is 0 Å². The van der Waals surface area contributed by atoms with E-state index >= 15 is 0 Å². The maximum atomic E-state index is 12.9. The van der Waals surface area contributed by atoms with Gasteiger partial charge in [-0.25, -0.2) is 4.39 Å². The minimum atomic E-state index is -0.354. The van der Waals surface area contributed by atoms with Crippen molar-refractivity contribution in [3.05, 3.63) is 34.1 Å². The summed E-state index contributed by atoms with van der Waals surface area (Å²) in [7, 11) is 0. The Bertz CT molecular complexity index is 368. The van der Waals surface area contributed by atoms with Gasteiger partial charge < -0.3 is 10.4 Å². The van der Waals surface area contributed by atoms with Gasteiger partial charge in [-0.2, -0.15) is 0 Å². The Hall–Kier alpha value is -0.450. The fourth-order valence-electron chi connectivity index (χ4n) is 1.56. The molecule has 0 bridgehead atoms. The standard InChI is InChI=1S/C12H17BrFNO/c1-8(15-12(2,3)7-16)10-5-4-9(14)6-11(10)13/h4-6,8,15-16H,7H2,1-3H3. The maximum Gasteiger partial charge on any atom is 0.124 e. The molecule has 90 valence electrons. The zero-order chi connectivity index (χ0) is 12.3. The third kappa shape index (κ3) is 3.54. The van der Waals surface area contributed by atoms with Crippen molar-refractivity contribution in [2.45, 2.75) is 32.4 Å². The van der Waals surface area contributed by atoms with E-state index in [1.165, 1.54) is 12.1 Å². The van der Waals surface area contributed by atoms with E-state index in [0.717, 1.165) is 10.0 Å². The van der Waals surface area contributed by atoms with E-state index < -0.39 is 0 Å². The molecule has 16 heavy (non-hydrogen) atoms. The highest BCUT2D eigenvalue weighted by Gasteiger charge is 2.20. The van der Waals surface area contributed by atoms with Crippen molar-refractivity contribution in [2.24, 2.45) is 0 Å². The molecule has 1 atom stereocenters. The fraction of sp³-hybridized carbons (Fsp3) is 0.500. The van der Waals surface area contributed by atoms with Crippen LogP contribution in [0.15, 0.2) is 22.7 Å². The lowest BCUT2D eigenvalue weighted by atomic mass is 10.0. The Morgan fingerprint density at radius 1 is 1.50 bits per heavy atom. The SMILES string of the molecule is CC(NC(C)(C)CO)c1ccc(F)cc1Br. The first kappa shape index (κ1) is 13.6. The van der Waals surface area contributed by atoms with E-state index in [4.69, 9.17) is 5.11 Å². The monoisotopic (exact) mass is 289 g/mol. The number of benzene rings is 1. The molecule has 2 N–H and O–H groups in total. The van der Waals surface area contributed by atoms with Crippen molar-refractivity contribution in [3.8, 4) is 0 Å². The Morgan fingerprint density at radius 3 is 2.62 bits per heavy atom. The van der Waals surface area contributed by atoms with Crippen LogP contribution in [-0.4, -0.2) is 17.3 Å². The normalized spacial score (nSPS) is 13.9. The molecule has 1 aromatic rings. The van der Waals surface area contributed by atoms with Gasteiger partial charge in [0.1, 0.15) is 5.82 Å². The van der Waals surface area contributed by atoms with Crippen LogP contribution in [-0.2, 0) is 0 Å². The van der Waals surface area contributed by atoms with Crippen LogP contribution in [0.1, 0.15) is 32.4 Å². The first-order valence-electron chi connectivity index (χ1n) is 5.19. The maximum absolute atomic E-state index is 12.9. The number of rotatable bonds is 4. The van der Waals surface area contributed by atoms with Crippen LogP contribution in [0.25, 0.3) is 0 Å². The molecule has 0 radical (unpaired) electrons. The summed E-state index contributed by atoms with van der Waals surface area (Å²) >= 11 is 3.33. The van der Waals surface area contributed by atoms with Crippen molar-refractivity contribution in [1.82, 2.24) is 5.32 Å². The average molecular weight is 290 g/mol. The highest BCUT2D eigenvalue weighted by molar-refractivity contribution is 9.10. The third-order valence-electron chi connectivity index (χ3n) is 2.43. The van der Waals surface area contributed by atoms with Crippen LogP contribution in [0.3, 0.4) is 0 Å². The fourth-order valence-corrected chi connectivity index (χ4v) is 2.26. The van der Waals surface area contributed by atoms with E-state index in [1.807, 2.05) is 20.8 Å². The molecule has 0 fully saturated rings. The van der Waals surface area contributed by atoms with Gasteiger partial charge in [0.2, 0.25) is 0 Å². The predicted octanol–water partition coefficient (Wildman–Crippen LogP) is 3.01. The lowest BCUT2D eigenvalue weighted by Gasteiger charge is -2.29. The Morgan fingerprint density at radius 2 is 2.12 bits per heavy atom. The second-order valence-electron chi connectivity index (χ2n) is 4.57. The molecule has 4 heteroatoms. The lowest BCUT2D eigenvalue weighted by Crippen LogP contribution is -2.44. The number of hydrogen-bond acceptors (Lipinski definition) is 2. The van der Waals surface area contributed by atoms with Crippen LogP contribution in [0, 0.1) is 5.82 Å². The number of hydrogen-bond donors (Lipinski definition) is 2. The number of aliphatic hydroxyl groups excluding tert-OH is 1. The summed E-state index contributed by atoms with van der Waals surface area (Å²) in [6.45, 7) is 5.87. The van der Waals surface area contributed by atoms with Crippen molar-refractivity contribution in [3.63, 3.8) is 0 Å². The minimum absolute atomic E-state index is 0.0390. The quantitative estimate of drug-likeness (QED) is 0.893. The molecule has 0 aliphatic rings. The van der Waals surface area contributed by atoms with E-state index in [-0.39, 0.29) is 24.0 Å². The predicted molar refractivity (Wildman–Crippen MR) is 66.8 cm³/mol. The molecule has 0 aliphatic heterocycles. The number of halogens is 2. The molecule has 2 nitrogen and oxygen atoms in total. The smallest absolute Gasteiger partial charge is 0.124 e. The van der Waals surface area contributed by atoms with Gasteiger partial charge in [-0.1, -0.05) is 22.0 Å². The molecular weight excluding hydrogens is 273 g/mol. The van der Waals surface area contributed by atoms with Gasteiger partial charge in [-0.05, 0) is 38.5 Å². The van der Waals surface area contributed by atoms with Gasteiger partial charge in [-0.3, -0.25) is 0 Å². The second-order valence-corrected chi connectivity index (χ2v) is 5.43. The largest absolute Gasteiger partial charge is 0.394 e. The van der Waals surface area contributed by atoms with E-state index in [2.05, 4.69) is 21.2 Å². The van der Waals surface area contributed by atoms with Gasteiger partial charge in [0.25, 0.3) is 0 Å². The summed E-state index contributed by atoms with van der Waals surface area (Å²) < 4.78 is 13.7. The topological polar surface area (TPSA) is 32.3 Å². The zero-order valence-corrected chi connectivity index (χ0v) is 11.3. The van der Waals surface area contributed by atoms with Gasteiger partial charge in [0, 0.05) is 16.1 Å². The summed E-state index contributed by atoms with van der Waals surface area (Å²) in [5.74, 6) is -0.260. The van der Waals surface area contributed by atoms with Gasteiger partial charge in [-0.15, -0.1) is 0 Å². The van der Waals surface area contributed by atoms with E-state index in [1.54, 1.807) is 6.07 Å². The molecular formula is C12H17BrFNO. The van der Waals surface area contributed by atoms with Crippen molar-refractivity contribution < 1.29 is 9.50 Å². The van der Waals surface area contributed by atoms with Gasteiger partial charge in [0.05, 0.1) is 6.61 Å². The Kier molecular flexibility index (Phi) is 4.47.